The number of nitrogens with zero attached hydrogens (tertiary/aromatic N) is 4. The minimum atomic E-state index is -0.221. The average Bonchev–Trinajstić information content (AvgIpc) is 3.23. The Labute approximate surface area is 152 Å². The maximum atomic E-state index is 12.4. The lowest BCUT2D eigenvalue weighted by Gasteiger charge is -2.40. The fourth-order valence-corrected chi connectivity index (χ4v) is 3.60. The first-order valence-electron chi connectivity index (χ1n) is 9.25. The van der Waals surface area contributed by atoms with Crippen LogP contribution in [0.4, 0.5) is 0 Å². The Morgan fingerprint density at radius 3 is 2.96 bits per heavy atom. The van der Waals surface area contributed by atoms with Crippen molar-refractivity contribution in [2.24, 2.45) is 7.05 Å². The number of aromatic nitrogens is 3. The summed E-state index contributed by atoms with van der Waals surface area (Å²) in [6.07, 6.45) is 3.89. The van der Waals surface area contributed by atoms with E-state index in [0.717, 1.165) is 37.4 Å². The molecule has 26 heavy (non-hydrogen) atoms. The van der Waals surface area contributed by atoms with Gasteiger partial charge in [-0.3, -0.25) is 14.4 Å². The van der Waals surface area contributed by atoms with Gasteiger partial charge in [0.15, 0.2) is 5.69 Å². The highest BCUT2D eigenvalue weighted by molar-refractivity contribution is 5.92. The van der Waals surface area contributed by atoms with Gasteiger partial charge in [-0.2, -0.15) is 5.10 Å². The summed E-state index contributed by atoms with van der Waals surface area (Å²) in [7, 11) is 1.93. The number of amides is 1. The summed E-state index contributed by atoms with van der Waals surface area (Å²) >= 11 is 0. The van der Waals surface area contributed by atoms with E-state index in [0.29, 0.717) is 24.8 Å². The van der Waals surface area contributed by atoms with Gasteiger partial charge in [0.25, 0.3) is 5.91 Å². The van der Waals surface area contributed by atoms with Crippen LogP contribution in [0.25, 0.3) is 0 Å². The van der Waals surface area contributed by atoms with E-state index >= 15 is 0 Å². The van der Waals surface area contributed by atoms with Crippen molar-refractivity contribution in [1.29, 1.82) is 0 Å². The van der Waals surface area contributed by atoms with Gasteiger partial charge in [-0.15, -0.1) is 0 Å². The monoisotopic (exact) mass is 359 g/mol. The SMILES string of the molecule is CCN1CCO[C@@H](CNC(=O)c2cc(C3CC3)on2)[C@@H]1c1ccnn1C. The van der Waals surface area contributed by atoms with Crippen molar-refractivity contribution in [2.45, 2.75) is 37.8 Å². The maximum absolute atomic E-state index is 12.4. The first-order chi connectivity index (χ1) is 12.7. The van der Waals surface area contributed by atoms with Crippen LogP contribution < -0.4 is 5.32 Å². The standard InChI is InChI=1S/C18H25N5O3/c1-3-23-8-9-25-16(17(23)14-6-7-20-22(14)2)11-19-18(24)13-10-15(26-21-13)12-4-5-12/h6-7,10,12,16-17H,3-5,8-9,11H2,1-2H3,(H,19,24)/t16-,17-/m0/s1. The molecule has 0 spiro atoms. The summed E-state index contributed by atoms with van der Waals surface area (Å²) in [4.78, 5) is 14.8. The average molecular weight is 359 g/mol. The summed E-state index contributed by atoms with van der Waals surface area (Å²) in [6.45, 7) is 4.98. The summed E-state index contributed by atoms with van der Waals surface area (Å²) in [5.74, 6) is 1.04. The highest BCUT2D eigenvalue weighted by Gasteiger charge is 2.35. The van der Waals surface area contributed by atoms with Gasteiger partial charge in [0.05, 0.1) is 24.4 Å². The minimum Gasteiger partial charge on any atom is -0.373 e. The van der Waals surface area contributed by atoms with Crippen molar-refractivity contribution in [3.8, 4) is 0 Å². The molecule has 2 fully saturated rings. The molecule has 0 radical (unpaired) electrons. The van der Waals surface area contributed by atoms with Crippen LogP contribution in [0.15, 0.2) is 22.9 Å². The second kappa shape index (κ2) is 7.20. The zero-order valence-corrected chi connectivity index (χ0v) is 15.2. The Morgan fingerprint density at radius 1 is 1.42 bits per heavy atom. The third kappa shape index (κ3) is 3.39. The van der Waals surface area contributed by atoms with E-state index in [9.17, 15) is 4.79 Å². The molecule has 2 aromatic heterocycles. The first-order valence-corrected chi connectivity index (χ1v) is 9.25. The molecule has 2 aromatic rings. The molecular formula is C18H25N5O3. The minimum absolute atomic E-state index is 0.0564. The first kappa shape index (κ1) is 17.2. The molecule has 1 amide bonds. The van der Waals surface area contributed by atoms with Gasteiger partial charge in [-0.05, 0) is 25.5 Å². The number of ether oxygens (including phenoxy) is 1. The fourth-order valence-electron chi connectivity index (χ4n) is 3.60. The molecular weight excluding hydrogens is 334 g/mol. The normalized spacial score (nSPS) is 23.9. The molecule has 1 aliphatic carbocycles. The Hall–Kier alpha value is -2.19. The number of morpholine rings is 1. The predicted molar refractivity (Wildman–Crippen MR) is 93.7 cm³/mol. The van der Waals surface area contributed by atoms with Gasteiger partial charge in [0, 0.05) is 38.3 Å². The molecule has 4 rings (SSSR count). The number of hydrogen-bond donors (Lipinski definition) is 1. The number of carbonyl (C=O) groups excluding carboxylic acids is 1. The summed E-state index contributed by atoms with van der Waals surface area (Å²) in [6, 6.07) is 3.82. The molecule has 3 heterocycles. The molecule has 140 valence electrons. The Morgan fingerprint density at radius 2 is 2.27 bits per heavy atom. The van der Waals surface area contributed by atoms with Gasteiger partial charge >= 0.3 is 0 Å². The van der Waals surface area contributed by atoms with Crippen molar-refractivity contribution in [3.05, 3.63) is 35.5 Å². The molecule has 0 unspecified atom stereocenters. The second-order valence-corrected chi connectivity index (χ2v) is 6.96. The van der Waals surface area contributed by atoms with E-state index in [-0.39, 0.29) is 18.1 Å². The summed E-state index contributed by atoms with van der Waals surface area (Å²) in [5.41, 5.74) is 1.43. The van der Waals surface area contributed by atoms with Crippen LogP contribution in [0, 0.1) is 0 Å². The number of nitrogens with one attached hydrogen (secondary N) is 1. The zero-order chi connectivity index (χ0) is 18.1. The lowest BCUT2D eigenvalue weighted by Crippen LogP contribution is -2.50. The predicted octanol–water partition coefficient (Wildman–Crippen LogP) is 1.48. The third-order valence-electron chi connectivity index (χ3n) is 5.23. The van der Waals surface area contributed by atoms with Gasteiger partial charge in [-0.25, -0.2) is 0 Å². The van der Waals surface area contributed by atoms with Gasteiger partial charge in [0.1, 0.15) is 5.76 Å². The number of aryl methyl sites for hydroxylation is 1. The van der Waals surface area contributed by atoms with Crippen molar-refractivity contribution >= 4 is 5.91 Å². The molecule has 1 saturated heterocycles. The van der Waals surface area contributed by atoms with Crippen LogP contribution in [0.5, 0.6) is 0 Å². The second-order valence-electron chi connectivity index (χ2n) is 6.96. The van der Waals surface area contributed by atoms with Crippen molar-refractivity contribution < 1.29 is 14.1 Å². The number of likely N-dealkylation sites (N-methyl/N-ethyl adjacent to an activating group) is 1. The van der Waals surface area contributed by atoms with Crippen LogP contribution in [0.1, 0.15) is 53.7 Å². The van der Waals surface area contributed by atoms with Gasteiger partial charge in [0.2, 0.25) is 0 Å². The van der Waals surface area contributed by atoms with Gasteiger partial charge in [-0.1, -0.05) is 12.1 Å². The molecule has 1 saturated carbocycles. The Kier molecular flexibility index (Phi) is 4.78. The highest BCUT2D eigenvalue weighted by atomic mass is 16.5. The Balaban J connectivity index is 1.44. The van der Waals surface area contributed by atoms with E-state index < -0.39 is 0 Å². The number of carbonyl (C=O) groups is 1. The molecule has 1 aliphatic heterocycles. The van der Waals surface area contributed by atoms with Gasteiger partial charge < -0.3 is 14.6 Å². The summed E-state index contributed by atoms with van der Waals surface area (Å²) in [5, 5.41) is 11.1. The fraction of sp³-hybridized carbons (Fsp3) is 0.611. The van der Waals surface area contributed by atoms with Crippen molar-refractivity contribution in [1.82, 2.24) is 25.2 Å². The van der Waals surface area contributed by atoms with Crippen LogP contribution >= 0.6 is 0 Å². The van der Waals surface area contributed by atoms with Crippen LogP contribution in [-0.2, 0) is 11.8 Å². The molecule has 1 N–H and O–H groups in total. The van der Waals surface area contributed by atoms with E-state index in [1.165, 1.54) is 0 Å². The van der Waals surface area contributed by atoms with Crippen molar-refractivity contribution in [3.63, 3.8) is 0 Å². The topological polar surface area (TPSA) is 85.4 Å². The quantitative estimate of drug-likeness (QED) is 0.841. The highest BCUT2D eigenvalue weighted by Crippen LogP contribution is 2.40. The molecule has 0 bridgehead atoms. The lowest BCUT2D eigenvalue weighted by molar-refractivity contribution is -0.0709. The summed E-state index contributed by atoms with van der Waals surface area (Å²) < 4.78 is 13.1. The maximum Gasteiger partial charge on any atom is 0.273 e. The van der Waals surface area contributed by atoms with Crippen LogP contribution in [0.3, 0.4) is 0 Å². The van der Waals surface area contributed by atoms with Crippen LogP contribution in [-0.4, -0.2) is 58.1 Å². The molecule has 8 heteroatoms. The van der Waals surface area contributed by atoms with E-state index in [4.69, 9.17) is 9.26 Å². The zero-order valence-electron chi connectivity index (χ0n) is 15.2. The van der Waals surface area contributed by atoms with E-state index in [1.54, 1.807) is 12.3 Å². The lowest BCUT2D eigenvalue weighted by atomic mass is 10.0. The third-order valence-corrected chi connectivity index (χ3v) is 5.23. The molecule has 8 nitrogen and oxygen atoms in total. The smallest absolute Gasteiger partial charge is 0.273 e. The molecule has 0 aromatic carbocycles. The number of hydrogen-bond acceptors (Lipinski definition) is 6. The van der Waals surface area contributed by atoms with E-state index in [2.05, 4.69) is 27.4 Å². The molecule has 2 atom stereocenters. The van der Waals surface area contributed by atoms with Crippen LogP contribution in [0.2, 0.25) is 0 Å². The van der Waals surface area contributed by atoms with Crippen molar-refractivity contribution in [2.75, 3.05) is 26.2 Å². The van der Waals surface area contributed by atoms with E-state index in [1.807, 2.05) is 17.8 Å². The Bertz CT molecular complexity index is 766. The number of rotatable bonds is 6. The molecule has 2 aliphatic rings. The largest absolute Gasteiger partial charge is 0.373 e.